The van der Waals surface area contributed by atoms with Crippen molar-refractivity contribution in [3.63, 3.8) is 0 Å². The van der Waals surface area contributed by atoms with Crippen LogP contribution in [0.2, 0.25) is 0 Å². The summed E-state index contributed by atoms with van der Waals surface area (Å²) in [6.07, 6.45) is 0. The van der Waals surface area contributed by atoms with Crippen LogP contribution in [-0.2, 0) is 0 Å². The van der Waals surface area contributed by atoms with Crippen LogP contribution in [0.3, 0.4) is 0 Å². The van der Waals surface area contributed by atoms with E-state index >= 15 is 0 Å². The standard InChI is InChI=1S/C24H13N3O7S2/c28-19-11-21-17(9-23(19)35-15-5-1-13(2-6-15)26(30)31)25-18-10-24(20(29)12-22(18)34-21)36-16-7-3-14(4-8-16)27(32)33/h1-12,28H. The first kappa shape index (κ1) is 23.3. The molecule has 178 valence electrons. The van der Waals surface area contributed by atoms with Crippen molar-refractivity contribution in [3.8, 4) is 17.2 Å². The SMILES string of the molecule is O=c1cc2oc3cc(O)c(Sc4ccc([N+](=O)[O-])cc4)cc3nc-2cc1Sc1ccc([N+](=O)[O-])cc1. The summed E-state index contributed by atoms with van der Waals surface area (Å²) in [5.41, 5.74) is 0.763. The van der Waals surface area contributed by atoms with E-state index in [1.807, 2.05) is 0 Å². The summed E-state index contributed by atoms with van der Waals surface area (Å²) in [6.45, 7) is 0. The fourth-order valence-corrected chi connectivity index (χ4v) is 5.06. The molecule has 0 fully saturated rings. The molecule has 0 aromatic heterocycles. The molecule has 1 aliphatic carbocycles. The quantitative estimate of drug-likeness (QED) is 0.158. The van der Waals surface area contributed by atoms with Gasteiger partial charge in [-0.1, -0.05) is 23.5 Å². The zero-order valence-electron chi connectivity index (χ0n) is 18.0. The summed E-state index contributed by atoms with van der Waals surface area (Å²) < 4.78 is 5.81. The van der Waals surface area contributed by atoms with Crippen molar-refractivity contribution < 1.29 is 19.4 Å². The van der Waals surface area contributed by atoms with Crippen LogP contribution < -0.4 is 5.43 Å². The molecule has 0 saturated heterocycles. The van der Waals surface area contributed by atoms with Crippen molar-refractivity contribution >= 4 is 46.0 Å². The highest BCUT2D eigenvalue weighted by Gasteiger charge is 2.17. The molecular formula is C24H13N3O7S2. The Kier molecular flexibility index (Phi) is 6.04. The van der Waals surface area contributed by atoms with Crippen molar-refractivity contribution in [2.75, 3.05) is 0 Å². The van der Waals surface area contributed by atoms with Crippen molar-refractivity contribution in [2.45, 2.75) is 19.6 Å². The first-order chi connectivity index (χ1) is 17.3. The molecule has 3 aromatic carbocycles. The summed E-state index contributed by atoms with van der Waals surface area (Å²) in [4.78, 5) is 40.1. The molecule has 1 heterocycles. The Labute approximate surface area is 210 Å². The second-order valence-electron chi connectivity index (χ2n) is 7.47. The lowest BCUT2D eigenvalue weighted by Crippen LogP contribution is -2.04. The van der Waals surface area contributed by atoms with Gasteiger partial charge in [0.25, 0.3) is 11.4 Å². The third-order valence-electron chi connectivity index (χ3n) is 5.08. The molecule has 2 aliphatic rings. The molecule has 10 nitrogen and oxygen atoms in total. The average Bonchev–Trinajstić information content (AvgIpc) is 2.85. The van der Waals surface area contributed by atoms with E-state index in [1.54, 1.807) is 36.4 Å². The molecule has 0 saturated carbocycles. The molecule has 3 aromatic rings. The van der Waals surface area contributed by atoms with Crippen LogP contribution >= 0.6 is 23.5 Å². The maximum absolute atomic E-state index is 12.6. The number of nitro groups is 2. The van der Waals surface area contributed by atoms with Gasteiger partial charge >= 0.3 is 0 Å². The third kappa shape index (κ3) is 4.72. The minimum Gasteiger partial charge on any atom is -0.507 e. The topological polar surface area (TPSA) is 150 Å². The second kappa shape index (κ2) is 9.32. The Bertz CT molecular complexity index is 1670. The Balaban J connectivity index is 1.48. The number of nitrogens with zero attached hydrogens (tertiary/aromatic N) is 3. The molecule has 0 spiro atoms. The third-order valence-corrected chi connectivity index (χ3v) is 7.18. The normalized spacial score (nSPS) is 11.1. The minimum atomic E-state index is -0.494. The van der Waals surface area contributed by atoms with E-state index in [4.69, 9.17) is 4.42 Å². The van der Waals surface area contributed by atoms with Crippen molar-refractivity contribution in [2.24, 2.45) is 0 Å². The number of phenols is 1. The number of hydrogen-bond acceptors (Lipinski definition) is 10. The number of phenolic OH excluding ortho intramolecular Hbond substituents is 1. The number of fused-ring (bicyclic) bond motifs is 2. The van der Waals surface area contributed by atoms with E-state index < -0.39 is 9.85 Å². The smallest absolute Gasteiger partial charge is 0.269 e. The Morgan fingerprint density at radius 1 is 0.778 bits per heavy atom. The number of rotatable bonds is 6. The zero-order chi connectivity index (χ0) is 25.4. The lowest BCUT2D eigenvalue weighted by atomic mass is 10.2. The monoisotopic (exact) mass is 519 g/mol. The van der Waals surface area contributed by atoms with Crippen LogP contribution in [0, 0.1) is 20.2 Å². The van der Waals surface area contributed by atoms with Gasteiger partial charge in [0, 0.05) is 46.2 Å². The number of benzene rings is 4. The van der Waals surface area contributed by atoms with Gasteiger partial charge in [-0.05, 0) is 36.4 Å². The molecule has 12 heteroatoms. The molecule has 0 atom stereocenters. The van der Waals surface area contributed by atoms with Gasteiger partial charge in [-0.25, -0.2) is 4.98 Å². The number of aromatic hydroxyl groups is 1. The minimum absolute atomic E-state index is 0.0332. The van der Waals surface area contributed by atoms with Gasteiger partial charge in [-0.2, -0.15) is 0 Å². The van der Waals surface area contributed by atoms with E-state index in [0.717, 1.165) is 11.8 Å². The average molecular weight is 520 g/mol. The fourth-order valence-electron chi connectivity index (χ4n) is 3.34. The lowest BCUT2D eigenvalue weighted by Gasteiger charge is -2.10. The van der Waals surface area contributed by atoms with Crippen molar-refractivity contribution in [1.82, 2.24) is 4.98 Å². The van der Waals surface area contributed by atoms with E-state index in [0.29, 0.717) is 30.8 Å². The maximum atomic E-state index is 12.6. The highest BCUT2D eigenvalue weighted by Crippen LogP contribution is 2.39. The molecule has 0 radical (unpaired) electrons. The highest BCUT2D eigenvalue weighted by molar-refractivity contribution is 7.99. The predicted molar refractivity (Wildman–Crippen MR) is 133 cm³/mol. The van der Waals surface area contributed by atoms with Gasteiger partial charge in [-0.15, -0.1) is 0 Å². The molecule has 0 amide bonds. The molecule has 5 rings (SSSR count). The fraction of sp³-hybridized carbons (Fsp3) is 0. The van der Waals surface area contributed by atoms with Crippen LogP contribution in [0.1, 0.15) is 0 Å². The number of hydrogen-bond donors (Lipinski definition) is 1. The van der Waals surface area contributed by atoms with Crippen LogP contribution in [0.15, 0.2) is 102 Å². The zero-order valence-corrected chi connectivity index (χ0v) is 19.6. The van der Waals surface area contributed by atoms with Gasteiger partial charge in [0.05, 0.1) is 19.6 Å². The van der Waals surface area contributed by atoms with E-state index in [-0.39, 0.29) is 33.9 Å². The Morgan fingerprint density at radius 3 is 1.89 bits per heavy atom. The largest absolute Gasteiger partial charge is 0.507 e. The molecule has 36 heavy (non-hydrogen) atoms. The van der Waals surface area contributed by atoms with Crippen LogP contribution in [0.25, 0.3) is 22.6 Å². The van der Waals surface area contributed by atoms with Crippen LogP contribution in [-0.4, -0.2) is 19.9 Å². The van der Waals surface area contributed by atoms with E-state index in [1.165, 1.54) is 48.2 Å². The first-order valence-corrected chi connectivity index (χ1v) is 11.9. The predicted octanol–water partition coefficient (Wildman–Crippen LogP) is 6.12. The molecule has 0 unspecified atom stereocenters. The summed E-state index contributed by atoms with van der Waals surface area (Å²) in [5.74, 6) is 0.180. The van der Waals surface area contributed by atoms with E-state index in [9.17, 15) is 30.1 Å². The number of nitro benzene ring substituents is 2. The Morgan fingerprint density at radius 2 is 1.33 bits per heavy atom. The summed E-state index contributed by atoms with van der Waals surface area (Å²) in [7, 11) is 0. The highest BCUT2D eigenvalue weighted by atomic mass is 32.2. The number of non-ortho nitro benzene ring substituents is 2. The van der Waals surface area contributed by atoms with Gasteiger partial charge < -0.3 is 9.52 Å². The first-order valence-electron chi connectivity index (χ1n) is 10.2. The van der Waals surface area contributed by atoms with Crippen molar-refractivity contribution in [1.29, 1.82) is 0 Å². The number of aromatic nitrogens is 1. The summed E-state index contributed by atoms with van der Waals surface area (Å²) in [5, 5.41) is 32.2. The van der Waals surface area contributed by atoms with Crippen molar-refractivity contribution in [3.05, 3.63) is 103 Å². The summed E-state index contributed by atoms with van der Waals surface area (Å²) >= 11 is 2.37. The summed E-state index contributed by atoms with van der Waals surface area (Å²) in [6, 6.07) is 17.7. The van der Waals surface area contributed by atoms with Gasteiger partial charge in [-0.3, -0.25) is 25.0 Å². The van der Waals surface area contributed by atoms with Crippen LogP contribution in [0.5, 0.6) is 5.75 Å². The van der Waals surface area contributed by atoms with Gasteiger partial charge in [0.15, 0.2) is 16.8 Å². The van der Waals surface area contributed by atoms with Gasteiger partial charge in [0.1, 0.15) is 17.0 Å². The Hall–Kier alpha value is -4.42. The van der Waals surface area contributed by atoms with Gasteiger partial charge in [0.2, 0.25) is 0 Å². The molecular weight excluding hydrogens is 506 g/mol. The molecule has 1 N–H and O–H groups in total. The maximum Gasteiger partial charge on any atom is 0.269 e. The molecule has 0 bridgehead atoms. The van der Waals surface area contributed by atoms with Crippen LogP contribution in [0.4, 0.5) is 11.4 Å². The molecule has 1 aliphatic heterocycles. The van der Waals surface area contributed by atoms with E-state index in [2.05, 4.69) is 4.98 Å². The second-order valence-corrected chi connectivity index (χ2v) is 9.71. The lowest BCUT2D eigenvalue weighted by molar-refractivity contribution is -0.385.